The summed E-state index contributed by atoms with van der Waals surface area (Å²) < 4.78 is 4.56. The average Bonchev–Trinajstić information content (AvgIpc) is 2.75. The van der Waals surface area contributed by atoms with Gasteiger partial charge in [0.05, 0.1) is 12.1 Å². The molecule has 0 bridgehead atoms. The third kappa shape index (κ3) is 1.91. The van der Waals surface area contributed by atoms with Gasteiger partial charge < -0.3 is 20.3 Å². The van der Waals surface area contributed by atoms with Crippen molar-refractivity contribution >= 4 is 11.7 Å². The highest BCUT2D eigenvalue weighted by molar-refractivity contribution is 5.94. The monoisotopic (exact) mass is 197 g/mol. The molecule has 6 nitrogen and oxygen atoms in total. The van der Waals surface area contributed by atoms with Crippen LogP contribution >= 0.6 is 0 Å². The summed E-state index contributed by atoms with van der Waals surface area (Å²) in [6.45, 7) is 0.455. The van der Waals surface area contributed by atoms with Gasteiger partial charge >= 0.3 is 0 Å². The number of aliphatic hydroxyl groups excluding tert-OH is 1. The first-order chi connectivity index (χ1) is 6.75. The molecule has 1 aromatic rings. The number of nitrogens with zero attached hydrogens (tertiary/aromatic N) is 1. The molecule has 1 aliphatic rings. The van der Waals surface area contributed by atoms with Crippen LogP contribution < -0.4 is 10.6 Å². The van der Waals surface area contributed by atoms with E-state index in [0.29, 0.717) is 18.8 Å². The highest BCUT2D eigenvalue weighted by Gasteiger charge is 2.28. The smallest absolute Gasteiger partial charge is 0.242 e. The number of carbonyl (C=O) groups is 1. The Morgan fingerprint density at radius 2 is 2.64 bits per heavy atom. The fourth-order valence-electron chi connectivity index (χ4n) is 1.41. The molecule has 1 saturated heterocycles. The van der Waals surface area contributed by atoms with E-state index in [1.807, 2.05) is 0 Å². The molecule has 0 radical (unpaired) electrons. The minimum absolute atomic E-state index is 0.199. The standard InChI is InChI=1S/C8H11N3O3/c12-5-3-6(9-4-5)8(13)10-7-1-2-14-11-7/h1-2,5-6,9,12H,3-4H2,(H,10,11,13). The summed E-state index contributed by atoms with van der Waals surface area (Å²) in [6, 6.07) is 1.21. The van der Waals surface area contributed by atoms with Gasteiger partial charge in [-0.05, 0) is 6.42 Å². The van der Waals surface area contributed by atoms with Crippen molar-refractivity contribution in [1.29, 1.82) is 0 Å². The second kappa shape index (κ2) is 3.77. The lowest BCUT2D eigenvalue weighted by Crippen LogP contribution is -2.35. The molecule has 0 aliphatic carbocycles. The maximum atomic E-state index is 11.5. The zero-order chi connectivity index (χ0) is 9.97. The van der Waals surface area contributed by atoms with Crippen LogP contribution in [0.3, 0.4) is 0 Å². The topological polar surface area (TPSA) is 87.4 Å². The lowest BCUT2D eigenvalue weighted by molar-refractivity contribution is -0.118. The minimum Gasteiger partial charge on any atom is -0.392 e. The fraction of sp³-hybridized carbons (Fsp3) is 0.500. The number of rotatable bonds is 2. The first kappa shape index (κ1) is 9.17. The van der Waals surface area contributed by atoms with E-state index in [9.17, 15) is 9.90 Å². The van der Waals surface area contributed by atoms with Crippen molar-refractivity contribution in [3.05, 3.63) is 12.3 Å². The summed E-state index contributed by atoms with van der Waals surface area (Å²) >= 11 is 0. The van der Waals surface area contributed by atoms with Gasteiger partial charge in [0.15, 0.2) is 5.82 Å². The van der Waals surface area contributed by atoms with Crippen molar-refractivity contribution in [1.82, 2.24) is 10.5 Å². The maximum Gasteiger partial charge on any atom is 0.242 e. The Balaban J connectivity index is 1.90. The lowest BCUT2D eigenvalue weighted by Gasteiger charge is -2.07. The Hall–Kier alpha value is -1.40. The summed E-state index contributed by atoms with van der Waals surface area (Å²) in [4.78, 5) is 11.5. The number of carbonyl (C=O) groups excluding carboxylic acids is 1. The molecule has 1 aromatic heterocycles. The number of hydrogen-bond acceptors (Lipinski definition) is 5. The molecule has 2 unspecified atom stereocenters. The van der Waals surface area contributed by atoms with E-state index < -0.39 is 6.10 Å². The summed E-state index contributed by atoms with van der Waals surface area (Å²) in [5.74, 6) is 0.189. The molecule has 3 N–H and O–H groups in total. The van der Waals surface area contributed by atoms with Crippen LogP contribution in [0.15, 0.2) is 16.9 Å². The Morgan fingerprint density at radius 1 is 1.79 bits per heavy atom. The van der Waals surface area contributed by atoms with Crippen molar-refractivity contribution in [3.63, 3.8) is 0 Å². The molecule has 76 valence electrons. The SMILES string of the molecule is O=C(Nc1ccon1)C1CC(O)CN1. The van der Waals surface area contributed by atoms with Crippen LogP contribution in [0.25, 0.3) is 0 Å². The largest absolute Gasteiger partial charge is 0.392 e. The first-order valence-corrected chi connectivity index (χ1v) is 4.38. The van der Waals surface area contributed by atoms with Crippen LogP contribution in [-0.2, 0) is 4.79 Å². The number of amides is 1. The highest BCUT2D eigenvalue weighted by Crippen LogP contribution is 2.09. The lowest BCUT2D eigenvalue weighted by atomic mass is 10.2. The molecule has 6 heteroatoms. The predicted molar refractivity (Wildman–Crippen MR) is 47.5 cm³/mol. The van der Waals surface area contributed by atoms with Crippen molar-refractivity contribution in [3.8, 4) is 0 Å². The molecule has 2 atom stereocenters. The van der Waals surface area contributed by atoms with Crippen molar-refractivity contribution in [2.75, 3.05) is 11.9 Å². The summed E-state index contributed by atoms with van der Waals surface area (Å²) in [6.07, 6.45) is 1.37. The Kier molecular flexibility index (Phi) is 2.47. The van der Waals surface area contributed by atoms with Crippen LogP contribution in [0.4, 0.5) is 5.82 Å². The molecule has 0 saturated carbocycles. The van der Waals surface area contributed by atoms with Crippen LogP contribution in [0.5, 0.6) is 0 Å². The maximum absolute atomic E-state index is 11.5. The van der Waals surface area contributed by atoms with Gasteiger partial charge in [-0.2, -0.15) is 0 Å². The van der Waals surface area contributed by atoms with Crippen LogP contribution in [0, 0.1) is 0 Å². The van der Waals surface area contributed by atoms with E-state index in [-0.39, 0.29) is 11.9 Å². The Labute approximate surface area is 80.3 Å². The molecule has 1 amide bonds. The molecule has 0 aromatic carbocycles. The summed E-state index contributed by atoms with van der Waals surface area (Å²) in [7, 11) is 0. The second-order valence-electron chi connectivity index (χ2n) is 3.22. The number of nitrogens with one attached hydrogen (secondary N) is 2. The van der Waals surface area contributed by atoms with Crippen molar-refractivity contribution in [2.24, 2.45) is 0 Å². The molecule has 2 heterocycles. The van der Waals surface area contributed by atoms with Crippen molar-refractivity contribution in [2.45, 2.75) is 18.6 Å². The summed E-state index contributed by atoms with van der Waals surface area (Å²) in [5, 5.41) is 18.2. The minimum atomic E-state index is -0.442. The normalized spacial score (nSPS) is 26.4. The second-order valence-corrected chi connectivity index (χ2v) is 3.22. The van der Waals surface area contributed by atoms with Gasteiger partial charge in [0, 0.05) is 12.6 Å². The van der Waals surface area contributed by atoms with E-state index in [1.54, 1.807) is 6.07 Å². The first-order valence-electron chi connectivity index (χ1n) is 4.38. The molecule has 2 rings (SSSR count). The number of β-amino-alcohol motifs (C(OH)–C–C–N with tert-alkyl or cyclic N) is 1. The quantitative estimate of drug-likeness (QED) is 0.585. The van der Waals surface area contributed by atoms with Crippen LogP contribution in [-0.4, -0.2) is 34.9 Å². The van der Waals surface area contributed by atoms with Gasteiger partial charge in [-0.3, -0.25) is 4.79 Å². The van der Waals surface area contributed by atoms with Gasteiger partial charge in [0.2, 0.25) is 5.91 Å². The zero-order valence-electron chi connectivity index (χ0n) is 7.43. The Morgan fingerprint density at radius 3 is 3.21 bits per heavy atom. The average molecular weight is 197 g/mol. The van der Waals surface area contributed by atoms with Gasteiger partial charge in [-0.15, -0.1) is 0 Å². The fourth-order valence-corrected chi connectivity index (χ4v) is 1.41. The number of aliphatic hydroxyl groups is 1. The Bertz CT molecular complexity index is 312. The zero-order valence-corrected chi connectivity index (χ0v) is 7.43. The molecule has 1 aliphatic heterocycles. The third-order valence-corrected chi connectivity index (χ3v) is 2.11. The van der Waals surface area contributed by atoms with Gasteiger partial charge in [-0.1, -0.05) is 5.16 Å². The van der Waals surface area contributed by atoms with Gasteiger partial charge in [0.25, 0.3) is 0 Å². The molecule has 14 heavy (non-hydrogen) atoms. The molecular formula is C8H11N3O3. The molecule has 0 spiro atoms. The van der Waals surface area contributed by atoms with Gasteiger partial charge in [0.1, 0.15) is 6.26 Å². The van der Waals surface area contributed by atoms with Crippen LogP contribution in [0.2, 0.25) is 0 Å². The van der Waals surface area contributed by atoms with E-state index in [1.165, 1.54) is 6.26 Å². The van der Waals surface area contributed by atoms with Crippen molar-refractivity contribution < 1.29 is 14.4 Å². The summed E-state index contributed by atoms with van der Waals surface area (Å²) in [5.41, 5.74) is 0. The number of hydrogen-bond donors (Lipinski definition) is 3. The third-order valence-electron chi connectivity index (χ3n) is 2.11. The van der Waals surface area contributed by atoms with E-state index in [2.05, 4.69) is 20.3 Å². The number of anilines is 1. The van der Waals surface area contributed by atoms with E-state index in [0.717, 1.165) is 0 Å². The van der Waals surface area contributed by atoms with E-state index >= 15 is 0 Å². The van der Waals surface area contributed by atoms with Crippen LogP contribution in [0.1, 0.15) is 6.42 Å². The molecular weight excluding hydrogens is 186 g/mol. The predicted octanol–water partition coefficient (Wildman–Crippen LogP) is -0.664. The van der Waals surface area contributed by atoms with E-state index in [4.69, 9.17) is 0 Å². The number of aromatic nitrogens is 1. The molecule has 1 fully saturated rings. The van der Waals surface area contributed by atoms with Gasteiger partial charge in [-0.25, -0.2) is 0 Å². The highest BCUT2D eigenvalue weighted by atomic mass is 16.5.